The van der Waals surface area contributed by atoms with E-state index in [2.05, 4.69) is 29.7 Å². The van der Waals surface area contributed by atoms with Gasteiger partial charge in [0, 0.05) is 11.7 Å². The van der Waals surface area contributed by atoms with Gasteiger partial charge in [-0.1, -0.05) is 19.1 Å². The Balaban J connectivity index is 1.78. The Labute approximate surface area is 156 Å². The van der Waals surface area contributed by atoms with Crippen LogP contribution in [0.5, 0.6) is 0 Å². The average molecular weight is 363 g/mol. The first-order valence-electron chi connectivity index (χ1n) is 9.76. The number of anilines is 1. The van der Waals surface area contributed by atoms with E-state index in [9.17, 15) is 9.59 Å². The van der Waals surface area contributed by atoms with Gasteiger partial charge in [-0.25, -0.2) is 0 Å². The minimum absolute atomic E-state index is 0.0604. The van der Waals surface area contributed by atoms with Crippen LogP contribution in [0, 0.1) is 0 Å². The number of aryl methyl sites for hydroxylation is 1. The number of quaternary nitrogens is 2. The summed E-state index contributed by atoms with van der Waals surface area (Å²) in [4.78, 5) is 27.0. The summed E-state index contributed by atoms with van der Waals surface area (Å²) in [7, 11) is 0. The average Bonchev–Trinajstić information content (AvgIpc) is 2.61. The van der Waals surface area contributed by atoms with Gasteiger partial charge in [-0.15, -0.1) is 0 Å². The second kappa shape index (κ2) is 9.69. The second-order valence-electron chi connectivity index (χ2n) is 7.57. The molecule has 1 aliphatic heterocycles. The first kappa shape index (κ1) is 20.4. The van der Waals surface area contributed by atoms with Crippen molar-refractivity contribution in [2.45, 2.75) is 46.2 Å². The SMILES string of the molecule is CCc1ccc(NC(=O)[C@@H](C)[NH+]2CC[NH+](CC(=O)NC(C)C)CC2)cc1. The summed E-state index contributed by atoms with van der Waals surface area (Å²) >= 11 is 0. The van der Waals surface area contributed by atoms with Gasteiger partial charge in [0.1, 0.15) is 26.2 Å². The molecule has 6 heteroatoms. The Bertz CT molecular complexity index is 592. The Morgan fingerprint density at radius 2 is 1.65 bits per heavy atom. The van der Waals surface area contributed by atoms with E-state index < -0.39 is 0 Å². The van der Waals surface area contributed by atoms with Crippen LogP contribution in [0.2, 0.25) is 0 Å². The Morgan fingerprint density at radius 1 is 1.04 bits per heavy atom. The number of hydrogen-bond acceptors (Lipinski definition) is 2. The highest BCUT2D eigenvalue weighted by atomic mass is 16.2. The standard InChI is InChI=1S/C20H32N4O2/c1-5-17-6-8-18(9-7-17)22-20(26)16(4)24-12-10-23(11-13-24)14-19(25)21-15(2)3/h6-9,15-16H,5,10-14H2,1-4H3,(H,21,25)(H,22,26)/p+2/t16-/m1/s1. The van der Waals surface area contributed by atoms with Crippen LogP contribution in [0.15, 0.2) is 24.3 Å². The molecule has 0 bridgehead atoms. The predicted octanol–water partition coefficient (Wildman–Crippen LogP) is -1.12. The van der Waals surface area contributed by atoms with Crippen molar-refractivity contribution >= 4 is 17.5 Å². The van der Waals surface area contributed by atoms with Gasteiger partial charge in [0.2, 0.25) is 0 Å². The fourth-order valence-corrected chi connectivity index (χ4v) is 3.39. The van der Waals surface area contributed by atoms with E-state index in [1.165, 1.54) is 15.4 Å². The van der Waals surface area contributed by atoms with Crippen LogP contribution in [-0.2, 0) is 16.0 Å². The van der Waals surface area contributed by atoms with Crippen molar-refractivity contribution in [3.8, 4) is 0 Å². The van der Waals surface area contributed by atoms with Crippen molar-refractivity contribution in [1.29, 1.82) is 0 Å². The van der Waals surface area contributed by atoms with Crippen molar-refractivity contribution in [2.75, 3.05) is 38.0 Å². The van der Waals surface area contributed by atoms with Crippen molar-refractivity contribution in [2.24, 2.45) is 0 Å². The lowest BCUT2D eigenvalue weighted by atomic mass is 10.1. The van der Waals surface area contributed by atoms with Crippen molar-refractivity contribution in [3.63, 3.8) is 0 Å². The van der Waals surface area contributed by atoms with Gasteiger partial charge in [-0.3, -0.25) is 9.59 Å². The van der Waals surface area contributed by atoms with Crippen LogP contribution in [0.3, 0.4) is 0 Å². The molecule has 2 rings (SSSR count). The van der Waals surface area contributed by atoms with E-state index >= 15 is 0 Å². The summed E-state index contributed by atoms with van der Waals surface area (Å²) < 4.78 is 0. The third kappa shape index (κ3) is 6.11. The lowest BCUT2D eigenvalue weighted by Gasteiger charge is -2.32. The number of amides is 2. The maximum absolute atomic E-state index is 12.5. The number of hydrogen-bond donors (Lipinski definition) is 4. The molecule has 1 aromatic rings. The third-order valence-electron chi connectivity index (χ3n) is 5.09. The molecular weight excluding hydrogens is 328 g/mol. The van der Waals surface area contributed by atoms with E-state index in [4.69, 9.17) is 0 Å². The molecule has 0 radical (unpaired) electrons. The first-order chi connectivity index (χ1) is 12.4. The van der Waals surface area contributed by atoms with E-state index in [0.29, 0.717) is 6.54 Å². The van der Waals surface area contributed by atoms with Crippen LogP contribution in [0.25, 0.3) is 0 Å². The molecule has 1 aliphatic rings. The summed E-state index contributed by atoms with van der Waals surface area (Å²) in [6, 6.07) is 8.13. The fraction of sp³-hybridized carbons (Fsp3) is 0.600. The number of rotatable bonds is 7. The summed E-state index contributed by atoms with van der Waals surface area (Å²) in [5, 5.41) is 5.97. The van der Waals surface area contributed by atoms with Crippen LogP contribution in [0.1, 0.15) is 33.3 Å². The monoisotopic (exact) mass is 362 g/mol. The van der Waals surface area contributed by atoms with E-state index in [-0.39, 0.29) is 23.9 Å². The van der Waals surface area contributed by atoms with E-state index in [1.54, 1.807) is 0 Å². The molecule has 0 aromatic heterocycles. The second-order valence-corrected chi connectivity index (χ2v) is 7.57. The molecule has 2 amide bonds. The summed E-state index contributed by atoms with van der Waals surface area (Å²) in [5.74, 6) is 0.171. The molecule has 0 unspecified atom stereocenters. The molecular formula is C20H34N4O2+2. The number of carbonyl (C=O) groups is 2. The third-order valence-corrected chi connectivity index (χ3v) is 5.09. The number of piperazine rings is 1. The molecule has 0 aliphatic carbocycles. The Hall–Kier alpha value is -1.92. The largest absolute Gasteiger partial charge is 0.349 e. The van der Waals surface area contributed by atoms with Gasteiger partial charge < -0.3 is 20.4 Å². The molecule has 1 atom stereocenters. The van der Waals surface area contributed by atoms with Crippen LogP contribution < -0.4 is 20.4 Å². The molecule has 26 heavy (non-hydrogen) atoms. The zero-order valence-electron chi connectivity index (χ0n) is 16.5. The minimum Gasteiger partial charge on any atom is -0.349 e. The smallest absolute Gasteiger partial charge is 0.282 e. The van der Waals surface area contributed by atoms with Gasteiger partial charge >= 0.3 is 0 Å². The normalized spacial score (nSPS) is 21.3. The maximum atomic E-state index is 12.5. The molecule has 0 spiro atoms. The molecule has 1 saturated heterocycles. The maximum Gasteiger partial charge on any atom is 0.282 e. The molecule has 1 fully saturated rings. The van der Waals surface area contributed by atoms with Crippen LogP contribution in [-0.4, -0.2) is 56.6 Å². The van der Waals surface area contributed by atoms with Gasteiger partial charge in [-0.05, 0) is 44.9 Å². The van der Waals surface area contributed by atoms with E-state index in [1.807, 2.05) is 32.9 Å². The highest BCUT2D eigenvalue weighted by Crippen LogP contribution is 2.09. The summed E-state index contributed by atoms with van der Waals surface area (Å²) in [5.41, 5.74) is 2.12. The van der Waals surface area contributed by atoms with Crippen LogP contribution in [0.4, 0.5) is 5.69 Å². The van der Waals surface area contributed by atoms with Gasteiger partial charge in [0.15, 0.2) is 12.6 Å². The zero-order chi connectivity index (χ0) is 19.1. The van der Waals surface area contributed by atoms with Gasteiger partial charge in [0.25, 0.3) is 11.8 Å². The zero-order valence-corrected chi connectivity index (χ0v) is 16.5. The Morgan fingerprint density at radius 3 is 2.19 bits per heavy atom. The van der Waals surface area contributed by atoms with Gasteiger partial charge in [-0.2, -0.15) is 0 Å². The molecule has 1 aromatic carbocycles. The molecule has 0 saturated carbocycles. The summed E-state index contributed by atoms with van der Waals surface area (Å²) in [6.45, 7) is 12.2. The number of benzene rings is 1. The highest BCUT2D eigenvalue weighted by molar-refractivity contribution is 5.93. The van der Waals surface area contributed by atoms with Crippen molar-refractivity contribution in [1.82, 2.24) is 5.32 Å². The van der Waals surface area contributed by atoms with Crippen molar-refractivity contribution < 1.29 is 19.4 Å². The first-order valence-corrected chi connectivity index (χ1v) is 9.76. The quantitative estimate of drug-likeness (QED) is 0.497. The predicted molar refractivity (Wildman–Crippen MR) is 103 cm³/mol. The molecule has 4 N–H and O–H groups in total. The lowest BCUT2D eigenvalue weighted by Crippen LogP contribution is -3.30. The number of carbonyl (C=O) groups excluding carboxylic acids is 2. The summed E-state index contributed by atoms with van der Waals surface area (Å²) in [6.07, 6.45) is 0.997. The molecule has 6 nitrogen and oxygen atoms in total. The lowest BCUT2D eigenvalue weighted by molar-refractivity contribution is -1.01. The fourth-order valence-electron chi connectivity index (χ4n) is 3.39. The topological polar surface area (TPSA) is 67.1 Å². The van der Waals surface area contributed by atoms with Crippen LogP contribution >= 0.6 is 0 Å². The highest BCUT2D eigenvalue weighted by Gasteiger charge is 2.31. The molecule has 1 heterocycles. The minimum atomic E-state index is -0.0908. The number of nitrogens with one attached hydrogen (secondary N) is 4. The van der Waals surface area contributed by atoms with E-state index in [0.717, 1.165) is 38.3 Å². The molecule has 144 valence electrons. The van der Waals surface area contributed by atoms with Gasteiger partial charge in [0.05, 0.1) is 0 Å². The Kier molecular flexibility index (Phi) is 7.60. The van der Waals surface area contributed by atoms with Crippen molar-refractivity contribution in [3.05, 3.63) is 29.8 Å².